The molecule has 2 aromatic rings. The molecule has 0 aliphatic heterocycles. The lowest BCUT2D eigenvalue weighted by Gasteiger charge is -2.22. The van der Waals surface area contributed by atoms with Crippen molar-refractivity contribution in [2.24, 2.45) is 0 Å². The van der Waals surface area contributed by atoms with Crippen LogP contribution < -0.4 is 16.0 Å². The normalized spacial score (nSPS) is 13.7. The van der Waals surface area contributed by atoms with Crippen LogP contribution in [0.4, 0.5) is 13.2 Å². The first kappa shape index (κ1) is 28.5. The maximum atomic E-state index is 13.0. The Bertz CT molecular complexity index is 1030. The van der Waals surface area contributed by atoms with Gasteiger partial charge in [-0.3, -0.25) is 14.4 Å². The molecule has 1 unspecified atom stereocenters. The van der Waals surface area contributed by atoms with Gasteiger partial charge < -0.3 is 20.7 Å². The minimum Gasteiger partial charge on any atom is -0.345 e. The lowest BCUT2D eigenvalue weighted by Crippen LogP contribution is -2.54. The van der Waals surface area contributed by atoms with E-state index in [1.807, 2.05) is 6.92 Å². The van der Waals surface area contributed by atoms with Crippen molar-refractivity contribution in [3.63, 3.8) is 0 Å². The molecule has 0 spiro atoms. The molecule has 3 atom stereocenters. The van der Waals surface area contributed by atoms with Crippen molar-refractivity contribution >= 4 is 24.0 Å². The van der Waals surface area contributed by atoms with E-state index in [0.717, 1.165) is 42.7 Å². The smallest absolute Gasteiger partial charge is 0.345 e. The molecule has 0 aliphatic rings. The number of benzene rings is 2. The van der Waals surface area contributed by atoms with E-state index in [1.54, 1.807) is 30.3 Å². The monoisotopic (exact) mass is 505 g/mol. The summed E-state index contributed by atoms with van der Waals surface area (Å²) in [5, 5.41) is 7.66. The van der Waals surface area contributed by atoms with E-state index in [2.05, 4.69) is 16.0 Å². The Morgan fingerprint density at radius 2 is 1.56 bits per heavy atom. The Labute approximate surface area is 207 Å². The van der Waals surface area contributed by atoms with E-state index >= 15 is 0 Å². The molecular formula is C26H30F3N3O4. The number of alkyl halides is 3. The maximum absolute atomic E-state index is 13.0. The second-order valence-corrected chi connectivity index (χ2v) is 8.41. The molecule has 10 heteroatoms. The second-order valence-electron chi connectivity index (χ2n) is 8.41. The quantitative estimate of drug-likeness (QED) is 0.385. The molecule has 0 heterocycles. The molecule has 0 fully saturated rings. The highest BCUT2D eigenvalue weighted by Crippen LogP contribution is 2.29. The molecule has 3 N–H and O–H groups in total. The summed E-state index contributed by atoms with van der Waals surface area (Å²) in [6.45, 7) is 3.41. The van der Waals surface area contributed by atoms with E-state index in [-0.39, 0.29) is 12.0 Å². The Hall–Kier alpha value is -3.69. The van der Waals surface area contributed by atoms with Gasteiger partial charge in [0.05, 0.1) is 11.6 Å². The minimum atomic E-state index is -4.54. The van der Waals surface area contributed by atoms with Crippen LogP contribution in [-0.2, 0) is 27.0 Å². The zero-order valence-electron chi connectivity index (χ0n) is 20.1. The Morgan fingerprint density at radius 1 is 0.917 bits per heavy atom. The fraction of sp³-hybridized carbons (Fsp3) is 0.385. The first-order valence-corrected chi connectivity index (χ1v) is 11.6. The predicted molar refractivity (Wildman–Crippen MR) is 128 cm³/mol. The molecule has 0 aromatic heterocycles. The van der Waals surface area contributed by atoms with Gasteiger partial charge in [-0.05, 0) is 43.2 Å². The Kier molecular flexibility index (Phi) is 10.6. The Morgan fingerprint density at radius 3 is 2.11 bits per heavy atom. The van der Waals surface area contributed by atoms with Crippen molar-refractivity contribution in [3.8, 4) is 0 Å². The van der Waals surface area contributed by atoms with Gasteiger partial charge in [0.1, 0.15) is 18.4 Å². The number of carbonyl (C=O) groups is 4. The summed E-state index contributed by atoms with van der Waals surface area (Å²) >= 11 is 0. The molecule has 2 rings (SSSR count). The van der Waals surface area contributed by atoms with E-state index in [9.17, 15) is 32.3 Å². The minimum absolute atomic E-state index is 0.0515. The first-order chi connectivity index (χ1) is 17.0. The molecule has 7 nitrogen and oxygen atoms in total. The largest absolute Gasteiger partial charge is 0.416 e. The number of rotatable bonds is 12. The van der Waals surface area contributed by atoms with Gasteiger partial charge in [0, 0.05) is 12.0 Å². The predicted octanol–water partition coefficient (Wildman–Crippen LogP) is 3.43. The Balaban J connectivity index is 2.12. The van der Waals surface area contributed by atoms with Crippen LogP contribution in [0.5, 0.6) is 0 Å². The highest BCUT2D eigenvalue weighted by molar-refractivity contribution is 5.98. The molecule has 36 heavy (non-hydrogen) atoms. The van der Waals surface area contributed by atoms with Gasteiger partial charge in [-0.2, -0.15) is 13.2 Å². The molecule has 0 radical (unpaired) electrons. The summed E-state index contributed by atoms with van der Waals surface area (Å²) in [5.74, 6) is -1.94. The highest BCUT2D eigenvalue weighted by atomic mass is 19.4. The third kappa shape index (κ3) is 8.83. The number of nitrogens with one attached hydrogen (secondary N) is 3. The standard InChI is InChI=1S/C26H30F3N3O4/c1-3-4-10-21(16-33)31-23(34)17(2)30-25(36)22(15-18-8-6-5-7-9-18)32-24(35)19-11-13-20(14-12-19)26(27,28)29/h5-9,11-14,16-17,21-22H,3-4,10,15H2,1-2H3,(H,30,36)(H,31,34)(H,32,35)/t17-,21-,22?/m0/s1. The number of amides is 3. The molecule has 0 bridgehead atoms. The lowest BCUT2D eigenvalue weighted by atomic mass is 10.0. The summed E-state index contributed by atoms with van der Waals surface area (Å²) in [6.07, 6.45) is -1.73. The fourth-order valence-corrected chi connectivity index (χ4v) is 3.40. The summed E-state index contributed by atoms with van der Waals surface area (Å²) in [7, 11) is 0. The number of carbonyl (C=O) groups excluding carboxylic acids is 4. The molecule has 194 valence electrons. The van der Waals surface area contributed by atoms with Gasteiger partial charge in [0.25, 0.3) is 5.91 Å². The number of aldehydes is 1. The van der Waals surface area contributed by atoms with E-state index < -0.39 is 47.6 Å². The third-order valence-electron chi connectivity index (χ3n) is 5.49. The van der Waals surface area contributed by atoms with Gasteiger partial charge in [-0.15, -0.1) is 0 Å². The zero-order valence-corrected chi connectivity index (χ0v) is 20.1. The van der Waals surface area contributed by atoms with Crippen LogP contribution >= 0.6 is 0 Å². The van der Waals surface area contributed by atoms with Crippen molar-refractivity contribution in [1.82, 2.24) is 16.0 Å². The molecule has 0 saturated heterocycles. The van der Waals surface area contributed by atoms with Crippen LogP contribution in [0, 0.1) is 0 Å². The third-order valence-corrected chi connectivity index (χ3v) is 5.49. The SMILES string of the molecule is CCCC[C@@H](C=O)NC(=O)[C@H](C)NC(=O)C(Cc1ccccc1)NC(=O)c1ccc(C(F)(F)F)cc1. The fourth-order valence-electron chi connectivity index (χ4n) is 3.40. The number of unbranched alkanes of at least 4 members (excludes halogenated alkanes) is 1. The van der Waals surface area contributed by atoms with Crippen LogP contribution in [0.3, 0.4) is 0 Å². The van der Waals surface area contributed by atoms with Crippen LogP contribution in [0.25, 0.3) is 0 Å². The molecule has 2 aromatic carbocycles. The average molecular weight is 506 g/mol. The van der Waals surface area contributed by atoms with Crippen LogP contribution in [0.15, 0.2) is 54.6 Å². The number of halogens is 3. The van der Waals surface area contributed by atoms with Gasteiger partial charge in [-0.1, -0.05) is 50.1 Å². The maximum Gasteiger partial charge on any atom is 0.416 e. The van der Waals surface area contributed by atoms with Crippen molar-refractivity contribution in [1.29, 1.82) is 0 Å². The number of hydrogen-bond donors (Lipinski definition) is 3. The van der Waals surface area contributed by atoms with E-state index in [1.165, 1.54) is 6.92 Å². The van der Waals surface area contributed by atoms with Gasteiger partial charge in [0.15, 0.2) is 0 Å². The van der Waals surface area contributed by atoms with Gasteiger partial charge in [0.2, 0.25) is 11.8 Å². The van der Waals surface area contributed by atoms with E-state index in [0.29, 0.717) is 12.7 Å². The molecular weight excluding hydrogens is 475 g/mol. The molecule has 3 amide bonds. The summed E-state index contributed by atoms with van der Waals surface area (Å²) in [4.78, 5) is 49.4. The van der Waals surface area contributed by atoms with Crippen molar-refractivity contribution in [3.05, 3.63) is 71.3 Å². The lowest BCUT2D eigenvalue weighted by molar-refractivity contribution is -0.137. The second kappa shape index (κ2) is 13.4. The average Bonchev–Trinajstić information content (AvgIpc) is 2.86. The van der Waals surface area contributed by atoms with E-state index in [4.69, 9.17) is 0 Å². The van der Waals surface area contributed by atoms with Crippen LogP contribution in [0.1, 0.15) is 54.6 Å². The zero-order chi connectivity index (χ0) is 26.7. The van der Waals surface area contributed by atoms with Gasteiger partial charge >= 0.3 is 6.18 Å². The van der Waals surface area contributed by atoms with Crippen LogP contribution in [0.2, 0.25) is 0 Å². The van der Waals surface area contributed by atoms with Gasteiger partial charge in [-0.25, -0.2) is 0 Å². The highest BCUT2D eigenvalue weighted by Gasteiger charge is 2.31. The summed E-state index contributed by atoms with van der Waals surface area (Å²) < 4.78 is 38.5. The van der Waals surface area contributed by atoms with Crippen molar-refractivity contribution in [2.75, 3.05) is 0 Å². The van der Waals surface area contributed by atoms with Crippen molar-refractivity contribution < 1.29 is 32.3 Å². The number of hydrogen-bond acceptors (Lipinski definition) is 4. The van der Waals surface area contributed by atoms with Crippen LogP contribution in [-0.4, -0.2) is 42.1 Å². The first-order valence-electron chi connectivity index (χ1n) is 11.6. The molecule has 0 saturated carbocycles. The van der Waals surface area contributed by atoms with Crippen molar-refractivity contribution in [2.45, 2.75) is 63.8 Å². The summed E-state index contributed by atoms with van der Waals surface area (Å²) in [5.41, 5.74) is -0.225. The summed E-state index contributed by atoms with van der Waals surface area (Å²) in [6, 6.07) is 9.66. The molecule has 0 aliphatic carbocycles. The topological polar surface area (TPSA) is 104 Å².